The number of nitrogens with zero attached hydrogens (tertiary/aromatic N) is 1. The SMILES string of the molecule is CCCCCCCCCCCCCCCCCCCCCCCCCC(=O)OC(COC(=O)CCCCCCCCCCCC)COC(OCC[N+](C)(C)C)C(=O)O. The van der Waals surface area contributed by atoms with Crippen LogP contribution in [0.15, 0.2) is 0 Å². The summed E-state index contributed by atoms with van der Waals surface area (Å²) in [5.74, 6) is -1.99. The fraction of sp³-hybridized carbons (Fsp3) is 0.939. The monoisotopic (exact) mass is 827 g/mol. The molecule has 0 amide bonds. The first-order valence-electron chi connectivity index (χ1n) is 24.7. The van der Waals surface area contributed by atoms with Gasteiger partial charge in [-0.1, -0.05) is 213 Å². The van der Waals surface area contributed by atoms with Gasteiger partial charge in [0.2, 0.25) is 0 Å². The smallest absolute Gasteiger partial charge is 0.361 e. The Hall–Kier alpha value is -1.71. The first kappa shape index (κ1) is 56.3. The van der Waals surface area contributed by atoms with Crippen molar-refractivity contribution < 1.29 is 42.9 Å². The van der Waals surface area contributed by atoms with E-state index in [0.29, 0.717) is 17.4 Å². The number of esters is 2. The molecule has 1 N–H and O–H groups in total. The number of hydrogen-bond donors (Lipinski definition) is 1. The number of carboxylic acids is 1. The van der Waals surface area contributed by atoms with Gasteiger partial charge in [0.25, 0.3) is 6.29 Å². The van der Waals surface area contributed by atoms with Gasteiger partial charge in [0.15, 0.2) is 6.10 Å². The molecule has 9 heteroatoms. The lowest BCUT2D eigenvalue weighted by atomic mass is 10.0. The predicted octanol–water partition coefficient (Wildman–Crippen LogP) is 13.3. The van der Waals surface area contributed by atoms with Crippen LogP contribution < -0.4 is 0 Å². The molecular formula is C49H96NO8+. The van der Waals surface area contributed by atoms with Crippen molar-refractivity contribution in [3.05, 3.63) is 0 Å². The third-order valence-electron chi connectivity index (χ3n) is 11.1. The Kier molecular flexibility index (Phi) is 40.8. The van der Waals surface area contributed by atoms with Crippen molar-refractivity contribution in [2.75, 3.05) is 47.5 Å². The van der Waals surface area contributed by atoms with Crippen LogP contribution in [0.2, 0.25) is 0 Å². The van der Waals surface area contributed by atoms with Crippen LogP contribution in [-0.2, 0) is 33.3 Å². The van der Waals surface area contributed by atoms with E-state index >= 15 is 0 Å². The fourth-order valence-electron chi connectivity index (χ4n) is 7.25. The number of quaternary nitrogens is 1. The Labute approximate surface area is 358 Å². The molecule has 0 aromatic carbocycles. The van der Waals surface area contributed by atoms with E-state index in [1.54, 1.807) is 0 Å². The average Bonchev–Trinajstić information content (AvgIpc) is 3.18. The number of ether oxygens (including phenoxy) is 4. The lowest BCUT2D eigenvalue weighted by Gasteiger charge is -2.25. The van der Waals surface area contributed by atoms with E-state index in [1.165, 1.54) is 173 Å². The van der Waals surface area contributed by atoms with Gasteiger partial charge in [-0.3, -0.25) is 9.59 Å². The number of unbranched alkanes of at least 4 members (excludes halogenated alkanes) is 31. The minimum Gasteiger partial charge on any atom is -0.477 e. The van der Waals surface area contributed by atoms with Crippen molar-refractivity contribution in [3.8, 4) is 0 Å². The third-order valence-corrected chi connectivity index (χ3v) is 11.1. The van der Waals surface area contributed by atoms with Gasteiger partial charge in [-0.25, -0.2) is 4.79 Å². The van der Waals surface area contributed by atoms with Crippen LogP contribution in [0.1, 0.15) is 239 Å². The van der Waals surface area contributed by atoms with Gasteiger partial charge in [-0.2, -0.15) is 0 Å². The standard InChI is InChI=1S/C49H95NO8/c1-6-8-10-12-14-16-18-19-20-21-22-23-24-25-26-27-28-29-30-32-34-36-38-40-47(52)58-45(44-57-49(48(53)54)55-42-41-50(3,4)5)43-56-46(51)39-37-35-33-31-17-15-13-11-9-7-2/h45,49H,6-44H2,1-5H3/p+1. The van der Waals surface area contributed by atoms with Gasteiger partial charge in [-0.15, -0.1) is 0 Å². The molecule has 0 saturated carbocycles. The molecule has 0 spiro atoms. The summed E-state index contributed by atoms with van der Waals surface area (Å²) in [6.45, 7) is 4.90. The summed E-state index contributed by atoms with van der Waals surface area (Å²) in [7, 11) is 5.97. The molecular weight excluding hydrogens is 731 g/mol. The maximum absolute atomic E-state index is 12.8. The van der Waals surface area contributed by atoms with Crippen molar-refractivity contribution >= 4 is 17.9 Å². The zero-order valence-corrected chi connectivity index (χ0v) is 39.0. The second-order valence-corrected chi connectivity index (χ2v) is 18.1. The zero-order chi connectivity index (χ0) is 42.8. The Balaban J connectivity index is 4.20. The van der Waals surface area contributed by atoms with Gasteiger partial charge in [0.05, 0.1) is 34.4 Å². The Bertz CT molecular complexity index is 923. The molecule has 58 heavy (non-hydrogen) atoms. The largest absolute Gasteiger partial charge is 0.477 e. The van der Waals surface area contributed by atoms with Crippen molar-refractivity contribution in [1.29, 1.82) is 0 Å². The second kappa shape index (κ2) is 42.0. The topological polar surface area (TPSA) is 108 Å². The molecule has 0 aromatic heterocycles. The first-order chi connectivity index (χ1) is 28.1. The van der Waals surface area contributed by atoms with E-state index in [9.17, 15) is 19.5 Å². The number of likely N-dealkylation sites (N-methyl/N-ethyl adjacent to an activating group) is 1. The fourth-order valence-corrected chi connectivity index (χ4v) is 7.25. The maximum Gasteiger partial charge on any atom is 0.361 e. The summed E-state index contributed by atoms with van der Waals surface area (Å²) < 4.78 is 22.7. The summed E-state index contributed by atoms with van der Waals surface area (Å²) in [5, 5.41) is 9.63. The highest BCUT2D eigenvalue weighted by Crippen LogP contribution is 2.17. The van der Waals surface area contributed by atoms with Gasteiger partial charge in [0, 0.05) is 12.8 Å². The number of carbonyl (C=O) groups excluding carboxylic acids is 2. The minimum absolute atomic E-state index is 0.174. The normalized spacial score (nSPS) is 12.8. The number of rotatable bonds is 46. The summed E-state index contributed by atoms with van der Waals surface area (Å²) in [6, 6.07) is 0. The molecule has 2 atom stereocenters. The second-order valence-electron chi connectivity index (χ2n) is 18.1. The molecule has 9 nitrogen and oxygen atoms in total. The van der Waals surface area contributed by atoms with E-state index in [2.05, 4.69) is 13.8 Å². The number of carbonyl (C=O) groups is 3. The van der Waals surface area contributed by atoms with E-state index < -0.39 is 18.4 Å². The molecule has 0 heterocycles. The Morgan fingerprint density at radius 2 is 0.776 bits per heavy atom. The lowest BCUT2D eigenvalue weighted by Crippen LogP contribution is -2.40. The van der Waals surface area contributed by atoms with Gasteiger partial charge in [0.1, 0.15) is 13.2 Å². The summed E-state index contributed by atoms with van der Waals surface area (Å²) in [5.41, 5.74) is 0. The van der Waals surface area contributed by atoms with E-state index in [1.807, 2.05) is 21.1 Å². The maximum atomic E-state index is 12.8. The highest BCUT2D eigenvalue weighted by atomic mass is 16.7. The van der Waals surface area contributed by atoms with Crippen LogP contribution in [-0.4, -0.2) is 87.4 Å². The number of hydrogen-bond acceptors (Lipinski definition) is 7. The quantitative estimate of drug-likeness (QED) is 0.0280. The summed E-state index contributed by atoms with van der Waals surface area (Å²) >= 11 is 0. The zero-order valence-electron chi connectivity index (χ0n) is 39.0. The molecule has 0 aliphatic heterocycles. The number of carboxylic acid groups (broad SMARTS) is 1. The average molecular weight is 827 g/mol. The molecule has 0 radical (unpaired) electrons. The van der Waals surface area contributed by atoms with Crippen LogP contribution in [0.4, 0.5) is 0 Å². The molecule has 0 bridgehead atoms. The van der Waals surface area contributed by atoms with Crippen molar-refractivity contribution in [2.24, 2.45) is 0 Å². The van der Waals surface area contributed by atoms with Crippen LogP contribution in [0.25, 0.3) is 0 Å². The highest BCUT2D eigenvalue weighted by Gasteiger charge is 2.25. The van der Waals surface area contributed by atoms with Gasteiger partial charge < -0.3 is 28.5 Å². The van der Waals surface area contributed by atoms with Gasteiger partial charge >= 0.3 is 17.9 Å². The van der Waals surface area contributed by atoms with Crippen molar-refractivity contribution in [2.45, 2.75) is 251 Å². The van der Waals surface area contributed by atoms with Crippen LogP contribution in [0.3, 0.4) is 0 Å². The van der Waals surface area contributed by atoms with Crippen LogP contribution >= 0.6 is 0 Å². The Morgan fingerprint density at radius 3 is 1.10 bits per heavy atom. The first-order valence-corrected chi connectivity index (χ1v) is 24.7. The van der Waals surface area contributed by atoms with Crippen molar-refractivity contribution in [1.82, 2.24) is 0 Å². The number of aliphatic carboxylic acids is 1. The summed E-state index contributed by atoms with van der Waals surface area (Å²) in [6.07, 6.45) is 40.3. The third kappa shape index (κ3) is 42.4. The molecule has 0 rings (SSSR count). The molecule has 344 valence electrons. The van der Waals surface area contributed by atoms with E-state index in [0.717, 1.165) is 38.5 Å². The van der Waals surface area contributed by atoms with Crippen LogP contribution in [0.5, 0.6) is 0 Å². The van der Waals surface area contributed by atoms with Crippen molar-refractivity contribution in [3.63, 3.8) is 0 Å². The summed E-state index contributed by atoms with van der Waals surface area (Å²) in [4.78, 5) is 37.1. The van der Waals surface area contributed by atoms with E-state index in [-0.39, 0.29) is 38.2 Å². The van der Waals surface area contributed by atoms with Crippen LogP contribution in [0, 0.1) is 0 Å². The molecule has 0 aliphatic carbocycles. The minimum atomic E-state index is -1.50. The predicted molar refractivity (Wildman–Crippen MR) is 240 cm³/mol. The molecule has 0 aromatic rings. The molecule has 0 aliphatic rings. The highest BCUT2D eigenvalue weighted by molar-refractivity contribution is 5.71. The molecule has 0 saturated heterocycles. The van der Waals surface area contributed by atoms with E-state index in [4.69, 9.17) is 18.9 Å². The molecule has 0 fully saturated rings. The lowest BCUT2D eigenvalue weighted by molar-refractivity contribution is -0.870. The molecule has 2 unspecified atom stereocenters. The van der Waals surface area contributed by atoms with Gasteiger partial charge in [-0.05, 0) is 12.8 Å². The Morgan fingerprint density at radius 1 is 0.448 bits per heavy atom.